The summed E-state index contributed by atoms with van der Waals surface area (Å²) in [6.07, 6.45) is 10.4. The number of hydrogen-bond acceptors (Lipinski definition) is 0. The van der Waals surface area contributed by atoms with Gasteiger partial charge in [-0.3, -0.25) is 0 Å². The van der Waals surface area contributed by atoms with Crippen LogP contribution < -0.4 is 0 Å². The molecule has 0 aliphatic carbocycles. The van der Waals surface area contributed by atoms with Gasteiger partial charge in [-0.2, -0.15) is 0 Å². The van der Waals surface area contributed by atoms with E-state index in [0.717, 1.165) is 0 Å². The van der Waals surface area contributed by atoms with Crippen LogP contribution in [-0.4, -0.2) is 0 Å². The van der Waals surface area contributed by atoms with Crippen molar-refractivity contribution in [2.24, 2.45) is 0 Å². The van der Waals surface area contributed by atoms with Gasteiger partial charge in [-0.25, -0.2) is 0 Å². The van der Waals surface area contributed by atoms with Crippen molar-refractivity contribution >= 4 is 0 Å². The molecule has 0 bridgehead atoms. The molecule has 1 rings (SSSR count). The molecular formula is C15H23. The Morgan fingerprint density at radius 3 is 2.60 bits per heavy atom. The highest BCUT2D eigenvalue weighted by atomic mass is 14.0. The maximum atomic E-state index is 2.36. The zero-order valence-corrected chi connectivity index (χ0v) is 10.1. The van der Waals surface area contributed by atoms with E-state index in [2.05, 4.69) is 44.5 Å². The first-order chi connectivity index (χ1) is 7.33. The lowest BCUT2D eigenvalue weighted by atomic mass is 10.0. The van der Waals surface area contributed by atoms with E-state index in [1.54, 1.807) is 0 Å². The molecule has 0 N–H and O–H groups in total. The van der Waals surface area contributed by atoms with E-state index in [9.17, 15) is 0 Å². The molecule has 0 fully saturated rings. The molecule has 0 heteroatoms. The van der Waals surface area contributed by atoms with Crippen LogP contribution in [0.25, 0.3) is 0 Å². The predicted octanol–water partition coefficient (Wildman–Crippen LogP) is 4.91. The molecule has 0 aliphatic rings. The van der Waals surface area contributed by atoms with Crippen molar-refractivity contribution in [2.75, 3.05) is 0 Å². The molecule has 0 amide bonds. The second-order valence-corrected chi connectivity index (χ2v) is 4.32. The molecule has 1 radical (unpaired) electrons. The maximum absolute atomic E-state index is 2.36. The minimum absolute atomic E-state index is 1.23. The van der Waals surface area contributed by atoms with Gasteiger partial charge in [0.25, 0.3) is 0 Å². The van der Waals surface area contributed by atoms with Crippen molar-refractivity contribution < 1.29 is 0 Å². The van der Waals surface area contributed by atoms with Crippen LogP contribution in [0, 0.1) is 13.3 Å². The van der Waals surface area contributed by atoms with E-state index < -0.39 is 0 Å². The van der Waals surface area contributed by atoms with Crippen LogP contribution in [0.2, 0.25) is 0 Å². The Bertz CT molecular complexity index is 262. The minimum Gasteiger partial charge on any atom is -0.0654 e. The summed E-state index contributed by atoms with van der Waals surface area (Å²) in [7, 11) is 0. The molecule has 0 spiro atoms. The zero-order valence-electron chi connectivity index (χ0n) is 10.1. The molecule has 1 aromatic carbocycles. The smallest absolute Gasteiger partial charge is 0.00930 e. The van der Waals surface area contributed by atoms with Crippen LogP contribution >= 0.6 is 0 Å². The second kappa shape index (κ2) is 7.50. The first kappa shape index (κ1) is 12.3. The molecule has 15 heavy (non-hydrogen) atoms. The van der Waals surface area contributed by atoms with Gasteiger partial charge in [0.1, 0.15) is 0 Å². The number of benzene rings is 1. The summed E-state index contributed by atoms with van der Waals surface area (Å²) in [4.78, 5) is 0. The highest BCUT2D eigenvalue weighted by Crippen LogP contribution is 2.12. The molecular weight excluding hydrogens is 180 g/mol. The third-order valence-corrected chi connectivity index (χ3v) is 2.73. The molecule has 0 saturated carbocycles. The van der Waals surface area contributed by atoms with Gasteiger partial charge >= 0.3 is 0 Å². The summed E-state index contributed by atoms with van der Waals surface area (Å²) >= 11 is 0. The van der Waals surface area contributed by atoms with E-state index in [4.69, 9.17) is 0 Å². The third kappa shape index (κ3) is 5.61. The normalized spacial score (nSPS) is 10.5. The van der Waals surface area contributed by atoms with Crippen molar-refractivity contribution in [3.8, 4) is 0 Å². The fraction of sp³-hybridized carbons (Fsp3) is 0.533. The van der Waals surface area contributed by atoms with E-state index >= 15 is 0 Å². The predicted molar refractivity (Wildman–Crippen MR) is 68.0 cm³/mol. The minimum atomic E-state index is 1.23. The van der Waals surface area contributed by atoms with Crippen molar-refractivity contribution in [2.45, 2.75) is 52.4 Å². The van der Waals surface area contributed by atoms with Crippen molar-refractivity contribution in [1.82, 2.24) is 0 Å². The van der Waals surface area contributed by atoms with Crippen LogP contribution in [0.15, 0.2) is 24.3 Å². The number of hydrogen-bond donors (Lipinski definition) is 0. The maximum Gasteiger partial charge on any atom is -0.00930 e. The molecule has 0 saturated heterocycles. The lowest BCUT2D eigenvalue weighted by Gasteiger charge is -2.02. The van der Waals surface area contributed by atoms with E-state index in [0.29, 0.717) is 0 Å². The standard InChI is InChI=1S/C15H23/c1-3-4-5-6-7-8-11-15-12-9-10-14(2)13-15/h9-13H,3-8H2,1-2H3. The van der Waals surface area contributed by atoms with Crippen molar-refractivity contribution in [3.05, 3.63) is 41.8 Å². The molecule has 83 valence electrons. The van der Waals surface area contributed by atoms with Crippen molar-refractivity contribution in [3.63, 3.8) is 0 Å². The van der Waals surface area contributed by atoms with Crippen LogP contribution in [0.1, 0.15) is 56.6 Å². The Hall–Kier alpha value is -0.780. The largest absolute Gasteiger partial charge is 0.0654 e. The van der Waals surface area contributed by atoms with Gasteiger partial charge in [0, 0.05) is 0 Å². The number of aryl methyl sites for hydroxylation is 1. The summed E-state index contributed by atoms with van der Waals surface area (Å²) in [5, 5.41) is 0. The van der Waals surface area contributed by atoms with Gasteiger partial charge in [-0.15, -0.1) is 0 Å². The van der Waals surface area contributed by atoms with Gasteiger partial charge in [0.15, 0.2) is 0 Å². The quantitative estimate of drug-likeness (QED) is 0.552. The average Bonchev–Trinajstić information content (AvgIpc) is 2.23. The average molecular weight is 203 g/mol. The lowest BCUT2D eigenvalue weighted by Crippen LogP contribution is -1.84. The first-order valence-electron chi connectivity index (χ1n) is 6.23. The second-order valence-electron chi connectivity index (χ2n) is 4.32. The summed E-state index contributed by atoms with van der Waals surface area (Å²) in [6, 6.07) is 8.74. The van der Waals surface area contributed by atoms with Gasteiger partial charge in [-0.1, -0.05) is 68.9 Å². The van der Waals surface area contributed by atoms with Gasteiger partial charge < -0.3 is 0 Å². The highest BCUT2D eigenvalue weighted by Gasteiger charge is 1.94. The molecule has 1 aromatic rings. The monoisotopic (exact) mass is 203 g/mol. The highest BCUT2D eigenvalue weighted by molar-refractivity contribution is 5.27. The molecule has 0 nitrogen and oxygen atoms in total. The molecule has 0 unspecified atom stereocenters. The van der Waals surface area contributed by atoms with E-state index in [1.807, 2.05) is 0 Å². The molecule has 0 aromatic heterocycles. The SMILES string of the molecule is CCCCCCC[CH]c1cccc(C)c1. The Balaban J connectivity index is 2.10. The lowest BCUT2D eigenvalue weighted by molar-refractivity contribution is 0.631. The van der Waals surface area contributed by atoms with E-state index in [-0.39, 0.29) is 0 Å². The molecule has 0 aliphatic heterocycles. The molecule has 0 atom stereocenters. The zero-order chi connectivity index (χ0) is 10.9. The molecule has 0 heterocycles. The topological polar surface area (TPSA) is 0 Å². The number of unbranched alkanes of at least 4 members (excludes halogenated alkanes) is 5. The summed E-state index contributed by atoms with van der Waals surface area (Å²) < 4.78 is 0. The van der Waals surface area contributed by atoms with Crippen molar-refractivity contribution in [1.29, 1.82) is 0 Å². The third-order valence-electron chi connectivity index (χ3n) is 2.73. The van der Waals surface area contributed by atoms with E-state index in [1.165, 1.54) is 49.7 Å². The number of rotatable bonds is 7. The summed E-state index contributed by atoms with van der Waals surface area (Å²) in [5.41, 5.74) is 2.74. The van der Waals surface area contributed by atoms with Gasteiger partial charge in [0.05, 0.1) is 0 Å². The van der Waals surface area contributed by atoms with Crippen LogP contribution in [0.5, 0.6) is 0 Å². The Morgan fingerprint density at radius 2 is 1.87 bits per heavy atom. The summed E-state index contributed by atoms with van der Waals surface area (Å²) in [6.45, 7) is 4.41. The summed E-state index contributed by atoms with van der Waals surface area (Å²) in [5.74, 6) is 0. The van der Waals surface area contributed by atoms with Crippen LogP contribution in [0.3, 0.4) is 0 Å². The fourth-order valence-electron chi connectivity index (χ4n) is 1.81. The Morgan fingerprint density at radius 1 is 1.07 bits per heavy atom. The Kier molecular flexibility index (Phi) is 6.15. The van der Waals surface area contributed by atoms with Gasteiger partial charge in [0.2, 0.25) is 0 Å². The van der Waals surface area contributed by atoms with Gasteiger partial charge in [-0.05, 0) is 25.3 Å². The first-order valence-corrected chi connectivity index (χ1v) is 6.23. The Labute approximate surface area is 94.7 Å². The van der Waals surface area contributed by atoms with Crippen LogP contribution in [-0.2, 0) is 0 Å². The van der Waals surface area contributed by atoms with Crippen LogP contribution in [0.4, 0.5) is 0 Å². The fourth-order valence-corrected chi connectivity index (χ4v) is 1.81.